The number of methoxy groups -OCH3 is 1. The minimum atomic E-state index is -0.633. The fraction of sp³-hybridized carbons (Fsp3) is 0.192. The number of ether oxygens (including phenoxy) is 2. The molecule has 2 aromatic heterocycles. The summed E-state index contributed by atoms with van der Waals surface area (Å²) >= 11 is 0. The molecule has 3 heterocycles. The van der Waals surface area contributed by atoms with Crippen molar-refractivity contribution in [2.45, 2.75) is 19.5 Å². The lowest BCUT2D eigenvalue weighted by molar-refractivity contribution is 0.0714. The van der Waals surface area contributed by atoms with Crippen LogP contribution in [-0.4, -0.2) is 29.5 Å². The van der Waals surface area contributed by atoms with Gasteiger partial charge in [0.05, 0.1) is 30.7 Å². The molecule has 0 saturated heterocycles. The van der Waals surface area contributed by atoms with Crippen molar-refractivity contribution >= 4 is 16.9 Å². The number of carbonyl (C=O) groups excluding carboxylic acids is 1. The summed E-state index contributed by atoms with van der Waals surface area (Å²) in [6, 6.07) is 15.5. The molecule has 0 aliphatic carbocycles. The maximum absolute atomic E-state index is 13.6. The van der Waals surface area contributed by atoms with Crippen molar-refractivity contribution in [2.75, 3.05) is 13.7 Å². The van der Waals surface area contributed by atoms with Crippen molar-refractivity contribution in [2.24, 2.45) is 0 Å². The summed E-state index contributed by atoms with van der Waals surface area (Å²) in [6.45, 7) is 2.68. The maximum atomic E-state index is 13.6. The molecular formula is C26H22N2O5. The third kappa shape index (κ3) is 3.51. The van der Waals surface area contributed by atoms with Crippen molar-refractivity contribution in [3.63, 3.8) is 0 Å². The lowest BCUT2D eigenvalue weighted by atomic mass is 9.98. The Balaban J connectivity index is 1.71. The van der Waals surface area contributed by atoms with E-state index in [2.05, 4.69) is 4.98 Å². The molecule has 1 unspecified atom stereocenters. The molecule has 0 fully saturated rings. The molecule has 0 radical (unpaired) electrons. The van der Waals surface area contributed by atoms with Crippen LogP contribution in [-0.2, 0) is 6.54 Å². The van der Waals surface area contributed by atoms with E-state index in [1.54, 1.807) is 54.7 Å². The van der Waals surface area contributed by atoms with Gasteiger partial charge in [-0.3, -0.25) is 14.6 Å². The highest BCUT2D eigenvalue weighted by Crippen LogP contribution is 2.41. The SMILES string of the molecule is CCOc1ccc(C2c3c(oc4ccccc4c3=O)C(=O)N2Cc2ccncc2)cc1OC. The van der Waals surface area contributed by atoms with E-state index < -0.39 is 6.04 Å². The molecule has 5 rings (SSSR count). The van der Waals surface area contributed by atoms with E-state index in [0.717, 1.165) is 11.1 Å². The molecule has 166 valence electrons. The van der Waals surface area contributed by atoms with Crippen molar-refractivity contribution < 1.29 is 18.7 Å². The molecule has 7 nitrogen and oxygen atoms in total. The van der Waals surface area contributed by atoms with Gasteiger partial charge >= 0.3 is 0 Å². The topological polar surface area (TPSA) is 81.9 Å². The first-order chi connectivity index (χ1) is 16.1. The smallest absolute Gasteiger partial charge is 0.291 e. The predicted molar refractivity (Wildman–Crippen MR) is 123 cm³/mol. The number of amides is 1. The van der Waals surface area contributed by atoms with Crippen molar-refractivity contribution in [1.82, 2.24) is 9.88 Å². The van der Waals surface area contributed by atoms with E-state index in [1.807, 2.05) is 31.2 Å². The Kier molecular flexibility index (Phi) is 5.30. The molecule has 2 aromatic carbocycles. The second-order valence-electron chi connectivity index (χ2n) is 7.70. The number of hydrogen-bond donors (Lipinski definition) is 0. The predicted octanol–water partition coefficient (Wildman–Crippen LogP) is 4.34. The summed E-state index contributed by atoms with van der Waals surface area (Å²) in [6.07, 6.45) is 3.35. The highest BCUT2D eigenvalue weighted by atomic mass is 16.5. The fourth-order valence-electron chi connectivity index (χ4n) is 4.29. The van der Waals surface area contributed by atoms with Gasteiger partial charge in [-0.15, -0.1) is 0 Å². The summed E-state index contributed by atoms with van der Waals surface area (Å²) in [5, 5.41) is 0.442. The second kappa shape index (κ2) is 8.43. The molecule has 0 N–H and O–H groups in total. The van der Waals surface area contributed by atoms with Crippen LogP contribution in [0.2, 0.25) is 0 Å². The summed E-state index contributed by atoms with van der Waals surface area (Å²) in [5.41, 5.74) is 2.14. The largest absolute Gasteiger partial charge is 0.493 e. The zero-order chi connectivity index (χ0) is 22.9. The van der Waals surface area contributed by atoms with Gasteiger partial charge in [-0.25, -0.2) is 0 Å². The minimum Gasteiger partial charge on any atom is -0.493 e. The third-order valence-electron chi connectivity index (χ3n) is 5.78. The van der Waals surface area contributed by atoms with Crippen LogP contribution < -0.4 is 14.9 Å². The first-order valence-corrected chi connectivity index (χ1v) is 10.7. The summed E-state index contributed by atoms with van der Waals surface area (Å²) in [4.78, 5) is 32.8. The van der Waals surface area contributed by atoms with E-state index in [-0.39, 0.29) is 17.1 Å². The average molecular weight is 442 g/mol. The number of hydrogen-bond acceptors (Lipinski definition) is 6. The average Bonchev–Trinajstić information content (AvgIpc) is 3.12. The van der Waals surface area contributed by atoms with Crippen LogP contribution in [0.4, 0.5) is 0 Å². The Labute approximate surface area is 190 Å². The lowest BCUT2D eigenvalue weighted by Gasteiger charge is -2.26. The van der Waals surface area contributed by atoms with Gasteiger partial charge in [-0.05, 0) is 54.4 Å². The Bertz CT molecular complexity index is 1400. The van der Waals surface area contributed by atoms with E-state index >= 15 is 0 Å². The molecule has 4 aromatic rings. The molecule has 33 heavy (non-hydrogen) atoms. The van der Waals surface area contributed by atoms with Crippen LogP contribution in [0.5, 0.6) is 11.5 Å². The first-order valence-electron chi connectivity index (χ1n) is 10.7. The summed E-state index contributed by atoms with van der Waals surface area (Å²) < 4.78 is 17.2. The fourth-order valence-corrected chi connectivity index (χ4v) is 4.29. The van der Waals surface area contributed by atoms with Crippen molar-refractivity contribution in [1.29, 1.82) is 0 Å². The third-order valence-corrected chi connectivity index (χ3v) is 5.78. The molecule has 0 bridgehead atoms. The highest BCUT2D eigenvalue weighted by Gasteiger charge is 2.43. The van der Waals surface area contributed by atoms with Gasteiger partial charge in [-0.2, -0.15) is 0 Å². The minimum absolute atomic E-state index is 0.0746. The van der Waals surface area contributed by atoms with Gasteiger partial charge in [0.2, 0.25) is 5.76 Å². The lowest BCUT2D eigenvalue weighted by Crippen LogP contribution is -2.29. The molecule has 7 heteroatoms. The molecule has 1 aliphatic rings. The number of rotatable bonds is 6. The standard InChI is InChI=1S/C26H22N2O5/c1-3-32-20-9-8-17(14-21(20)31-2)23-22-24(29)18-6-4-5-7-19(18)33-25(22)26(30)28(23)15-16-10-12-27-13-11-16/h4-14,23H,3,15H2,1-2H3. The molecule has 0 saturated carbocycles. The number of pyridine rings is 1. The van der Waals surface area contributed by atoms with Crippen molar-refractivity contribution in [3.05, 3.63) is 99.7 Å². The number of benzene rings is 2. The van der Waals surface area contributed by atoms with E-state index in [4.69, 9.17) is 13.9 Å². The summed E-state index contributed by atoms with van der Waals surface area (Å²) in [5.74, 6) is 0.872. The highest BCUT2D eigenvalue weighted by molar-refractivity contribution is 5.99. The Morgan fingerprint density at radius 1 is 1.03 bits per heavy atom. The second-order valence-corrected chi connectivity index (χ2v) is 7.70. The maximum Gasteiger partial charge on any atom is 0.291 e. The Morgan fingerprint density at radius 2 is 1.82 bits per heavy atom. The molecular weight excluding hydrogens is 420 g/mol. The van der Waals surface area contributed by atoms with E-state index in [0.29, 0.717) is 41.2 Å². The van der Waals surface area contributed by atoms with Gasteiger partial charge in [-0.1, -0.05) is 18.2 Å². The first kappa shape index (κ1) is 20.8. The number of aromatic nitrogens is 1. The van der Waals surface area contributed by atoms with Crippen LogP contribution in [0.3, 0.4) is 0 Å². The summed E-state index contributed by atoms with van der Waals surface area (Å²) in [7, 11) is 1.56. The monoisotopic (exact) mass is 442 g/mol. The van der Waals surface area contributed by atoms with Crippen LogP contribution >= 0.6 is 0 Å². The number of fused-ring (bicyclic) bond motifs is 2. The Hall–Kier alpha value is -4.13. The zero-order valence-corrected chi connectivity index (χ0v) is 18.3. The van der Waals surface area contributed by atoms with E-state index in [1.165, 1.54) is 0 Å². The molecule has 1 aliphatic heterocycles. The number of nitrogens with zero attached hydrogens (tertiary/aromatic N) is 2. The Morgan fingerprint density at radius 3 is 2.58 bits per heavy atom. The van der Waals surface area contributed by atoms with Crippen LogP contribution in [0.15, 0.2) is 76.2 Å². The molecule has 0 spiro atoms. The van der Waals surface area contributed by atoms with Gasteiger partial charge in [0.15, 0.2) is 16.9 Å². The quantitative estimate of drug-likeness (QED) is 0.442. The van der Waals surface area contributed by atoms with Crippen LogP contribution in [0.25, 0.3) is 11.0 Å². The van der Waals surface area contributed by atoms with Crippen LogP contribution in [0.1, 0.15) is 40.2 Å². The molecule has 1 atom stereocenters. The molecule has 1 amide bonds. The van der Waals surface area contributed by atoms with Crippen LogP contribution in [0, 0.1) is 0 Å². The van der Waals surface area contributed by atoms with Crippen molar-refractivity contribution in [3.8, 4) is 11.5 Å². The van der Waals surface area contributed by atoms with Gasteiger partial charge in [0.25, 0.3) is 5.91 Å². The normalized spacial score (nSPS) is 15.0. The zero-order valence-electron chi connectivity index (χ0n) is 18.3. The van der Waals surface area contributed by atoms with Gasteiger partial charge in [0, 0.05) is 18.9 Å². The number of carbonyl (C=O) groups is 1. The number of para-hydroxylation sites is 1. The van der Waals surface area contributed by atoms with E-state index in [9.17, 15) is 9.59 Å². The van der Waals surface area contributed by atoms with Gasteiger partial charge in [0.1, 0.15) is 5.58 Å². The van der Waals surface area contributed by atoms with Gasteiger partial charge < -0.3 is 18.8 Å².